The lowest BCUT2D eigenvalue weighted by atomic mass is 9.77. The SMILES string of the molecule is CC(C)(C)C(C(C)(C)C)[P+](O)(O)O. The van der Waals surface area contributed by atoms with E-state index in [9.17, 15) is 14.7 Å². The van der Waals surface area contributed by atoms with Crippen LogP contribution < -0.4 is 0 Å². The number of hydrogen-bond donors (Lipinski definition) is 3. The summed E-state index contributed by atoms with van der Waals surface area (Å²) in [6, 6.07) is 0. The average Bonchev–Trinajstić information content (AvgIpc) is 1.44. The van der Waals surface area contributed by atoms with Gasteiger partial charge in [0.2, 0.25) is 0 Å². The molecule has 0 spiro atoms. The van der Waals surface area contributed by atoms with Crippen molar-refractivity contribution in [1.29, 1.82) is 0 Å². The first-order chi connectivity index (χ1) is 5.37. The first-order valence-corrected chi connectivity index (χ1v) is 6.15. The number of rotatable bonds is 1. The van der Waals surface area contributed by atoms with Crippen LogP contribution in [0.5, 0.6) is 0 Å². The van der Waals surface area contributed by atoms with Crippen molar-refractivity contribution in [2.75, 3.05) is 0 Å². The fourth-order valence-corrected chi connectivity index (χ4v) is 4.42. The van der Waals surface area contributed by atoms with E-state index in [1.54, 1.807) is 0 Å². The summed E-state index contributed by atoms with van der Waals surface area (Å²) in [7, 11) is -3.77. The van der Waals surface area contributed by atoms with Gasteiger partial charge in [-0.1, -0.05) is 41.5 Å². The van der Waals surface area contributed by atoms with E-state index < -0.39 is 13.6 Å². The highest BCUT2D eigenvalue weighted by Crippen LogP contribution is 2.62. The molecule has 0 unspecified atom stereocenters. The Morgan fingerprint density at radius 3 is 1.00 bits per heavy atom. The highest BCUT2D eigenvalue weighted by atomic mass is 31.2. The maximum absolute atomic E-state index is 9.37. The Morgan fingerprint density at radius 1 is 0.769 bits per heavy atom. The van der Waals surface area contributed by atoms with Gasteiger partial charge in [-0.15, -0.1) is 0 Å². The van der Waals surface area contributed by atoms with Crippen LogP contribution in [0.25, 0.3) is 0 Å². The highest BCUT2D eigenvalue weighted by molar-refractivity contribution is 7.59. The van der Waals surface area contributed by atoms with Crippen LogP contribution in [0.4, 0.5) is 0 Å². The standard InChI is InChI=1S/C9H22O3P/c1-8(2,3)7(9(4,5)6)13(10,11)12/h7,10-12H,1-6H3/q+1. The van der Waals surface area contributed by atoms with E-state index in [1.807, 2.05) is 41.5 Å². The molecule has 0 aliphatic carbocycles. The lowest BCUT2D eigenvalue weighted by Gasteiger charge is -2.38. The molecule has 0 radical (unpaired) electrons. The number of hydrogen-bond acceptors (Lipinski definition) is 3. The molecule has 0 aliphatic rings. The van der Waals surface area contributed by atoms with Crippen LogP contribution in [-0.4, -0.2) is 20.3 Å². The normalized spacial score (nSPS) is 15.2. The fourth-order valence-electron chi connectivity index (χ4n) is 2.34. The third-order valence-corrected chi connectivity index (χ3v) is 4.23. The Labute approximate surface area is 81.4 Å². The molecule has 4 heteroatoms. The summed E-state index contributed by atoms with van der Waals surface area (Å²) in [5, 5.41) is 0. The molecular weight excluding hydrogens is 187 g/mol. The summed E-state index contributed by atoms with van der Waals surface area (Å²) < 4.78 is 0. The quantitative estimate of drug-likeness (QED) is 0.580. The molecule has 0 saturated carbocycles. The van der Waals surface area contributed by atoms with Crippen molar-refractivity contribution < 1.29 is 14.7 Å². The van der Waals surface area contributed by atoms with Crippen LogP contribution in [0.2, 0.25) is 0 Å². The minimum Gasteiger partial charge on any atom is -0.193 e. The Hall–Kier alpha value is 0.310. The van der Waals surface area contributed by atoms with Crippen molar-refractivity contribution in [3.63, 3.8) is 0 Å². The molecule has 0 saturated heterocycles. The predicted octanol–water partition coefficient (Wildman–Crippen LogP) is 2.19. The van der Waals surface area contributed by atoms with Crippen LogP contribution >= 0.6 is 7.94 Å². The zero-order chi connectivity index (χ0) is 11.1. The predicted molar refractivity (Wildman–Crippen MR) is 56.3 cm³/mol. The van der Waals surface area contributed by atoms with E-state index in [0.29, 0.717) is 0 Å². The molecule has 0 aromatic rings. The van der Waals surface area contributed by atoms with E-state index in [1.165, 1.54) is 0 Å². The van der Waals surface area contributed by atoms with Crippen LogP contribution in [0, 0.1) is 10.8 Å². The van der Waals surface area contributed by atoms with E-state index in [0.717, 1.165) is 0 Å². The summed E-state index contributed by atoms with van der Waals surface area (Å²) in [6.45, 7) is 11.4. The van der Waals surface area contributed by atoms with E-state index in [-0.39, 0.29) is 10.8 Å². The van der Waals surface area contributed by atoms with Gasteiger partial charge in [-0.05, 0) is 0 Å². The highest BCUT2D eigenvalue weighted by Gasteiger charge is 2.56. The Morgan fingerprint density at radius 2 is 1.00 bits per heavy atom. The molecule has 0 heterocycles. The van der Waals surface area contributed by atoms with Gasteiger partial charge in [-0.2, -0.15) is 14.7 Å². The van der Waals surface area contributed by atoms with Crippen LogP contribution in [0.15, 0.2) is 0 Å². The summed E-state index contributed by atoms with van der Waals surface area (Å²) in [6.07, 6.45) is 0. The second-order valence-electron chi connectivity index (χ2n) is 5.75. The lowest BCUT2D eigenvalue weighted by Crippen LogP contribution is -2.39. The molecule has 0 aromatic carbocycles. The first kappa shape index (κ1) is 13.3. The third kappa shape index (κ3) is 3.90. The monoisotopic (exact) mass is 209 g/mol. The van der Waals surface area contributed by atoms with Gasteiger partial charge < -0.3 is 0 Å². The van der Waals surface area contributed by atoms with Gasteiger partial charge in [-0.3, -0.25) is 0 Å². The maximum atomic E-state index is 9.37. The molecule has 3 nitrogen and oxygen atoms in total. The minimum atomic E-state index is -3.77. The van der Waals surface area contributed by atoms with Gasteiger partial charge in [0.05, 0.1) is 0 Å². The largest absolute Gasteiger partial charge is 0.407 e. The van der Waals surface area contributed by atoms with Gasteiger partial charge in [-0.25, -0.2) is 0 Å². The van der Waals surface area contributed by atoms with Gasteiger partial charge in [0.1, 0.15) is 0 Å². The Kier molecular flexibility index (Phi) is 3.55. The molecular formula is C9H22O3P+. The average molecular weight is 209 g/mol. The van der Waals surface area contributed by atoms with Gasteiger partial charge >= 0.3 is 7.94 Å². The fraction of sp³-hybridized carbons (Fsp3) is 1.00. The van der Waals surface area contributed by atoms with E-state index >= 15 is 0 Å². The minimum absolute atomic E-state index is 0.315. The first-order valence-electron chi connectivity index (χ1n) is 4.44. The summed E-state index contributed by atoms with van der Waals surface area (Å²) in [5.41, 5.74) is -1.12. The van der Waals surface area contributed by atoms with Crippen molar-refractivity contribution in [1.82, 2.24) is 0 Å². The van der Waals surface area contributed by atoms with Crippen molar-refractivity contribution >= 4 is 7.94 Å². The second kappa shape index (κ2) is 3.47. The Balaban J connectivity index is 5.02. The summed E-state index contributed by atoms with van der Waals surface area (Å²) >= 11 is 0. The summed E-state index contributed by atoms with van der Waals surface area (Å²) in [4.78, 5) is 28.1. The molecule has 0 aromatic heterocycles. The zero-order valence-electron chi connectivity index (χ0n) is 9.37. The van der Waals surface area contributed by atoms with E-state index in [4.69, 9.17) is 0 Å². The lowest BCUT2D eigenvalue weighted by molar-refractivity contribution is 0.181. The zero-order valence-corrected chi connectivity index (χ0v) is 10.3. The van der Waals surface area contributed by atoms with Crippen molar-refractivity contribution in [3.8, 4) is 0 Å². The van der Waals surface area contributed by atoms with Gasteiger partial charge in [0.25, 0.3) is 0 Å². The van der Waals surface area contributed by atoms with Crippen LogP contribution in [-0.2, 0) is 0 Å². The smallest absolute Gasteiger partial charge is 0.193 e. The molecule has 0 fully saturated rings. The van der Waals surface area contributed by atoms with Crippen molar-refractivity contribution in [2.45, 2.75) is 47.2 Å². The van der Waals surface area contributed by atoms with Crippen LogP contribution in [0.1, 0.15) is 41.5 Å². The van der Waals surface area contributed by atoms with Crippen molar-refractivity contribution in [2.24, 2.45) is 10.8 Å². The molecule has 0 aliphatic heterocycles. The molecule has 0 bridgehead atoms. The summed E-state index contributed by atoms with van der Waals surface area (Å²) in [5.74, 6) is 0. The molecule has 0 rings (SSSR count). The topological polar surface area (TPSA) is 60.7 Å². The Bertz CT molecular complexity index is 137. The third-order valence-electron chi connectivity index (χ3n) is 1.99. The van der Waals surface area contributed by atoms with Gasteiger partial charge in [0.15, 0.2) is 5.66 Å². The maximum Gasteiger partial charge on any atom is 0.407 e. The van der Waals surface area contributed by atoms with Crippen molar-refractivity contribution in [3.05, 3.63) is 0 Å². The molecule has 0 amide bonds. The molecule has 13 heavy (non-hydrogen) atoms. The second-order valence-corrected chi connectivity index (χ2v) is 7.50. The molecule has 0 atom stereocenters. The molecule has 3 N–H and O–H groups in total. The van der Waals surface area contributed by atoms with Crippen LogP contribution in [0.3, 0.4) is 0 Å². The van der Waals surface area contributed by atoms with Gasteiger partial charge in [0, 0.05) is 10.8 Å². The molecule has 80 valence electrons. The van der Waals surface area contributed by atoms with E-state index in [2.05, 4.69) is 0 Å².